The van der Waals surface area contributed by atoms with E-state index in [0.29, 0.717) is 51.9 Å². The number of Topliss-reactive ketones (excluding diaryl/α,β-unsaturated/α-hetero) is 2. The highest BCUT2D eigenvalue weighted by atomic mass is 16.6. The summed E-state index contributed by atoms with van der Waals surface area (Å²) >= 11 is 0. The van der Waals surface area contributed by atoms with Crippen LogP contribution in [-0.4, -0.2) is 66.2 Å². The van der Waals surface area contributed by atoms with Gasteiger partial charge >= 0.3 is 6.09 Å². The van der Waals surface area contributed by atoms with Gasteiger partial charge in [0, 0.05) is 44.1 Å². The van der Waals surface area contributed by atoms with E-state index in [2.05, 4.69) is 10.6 Å². The number of alkyl carbamates (subject to hydrolysis) is 1. The summed E-state index contributed by atoms with van der Waals surface area (Å²) in [7, 11) is 0. The SMILES string of the molecule is CC(C)[C@H](CC(=O)C1(NC(=O)OC2CCOCC2)CCCCC1)C(O)C(=O)C[C@H]1CCCCNC1=O. The molecule has 1 aliphatic carbocycles. The Morgan fingerprint density at radius 2 is 1.78 bits per heavy atom. The third-order valence-corrected chi connectivity index (χ3v) is 8.13. The molecule has 2 amide bonds. The van der Waals surface area contributed by atoms with Gasteiger partial charge in [-0.3, -0.25) is 14.4 Å². The maximum Gasteiger partial charge on any atom is 0.408 e. The lowest BCUT2D eigenvalue weighted by Crippen LogP contribution is -2.57. The molecule has 3 rings (SSSR count). The van der Waals surface area contributed by atoms with Crippen LogP contribution in [0.25, 0.3) is 0 Å². The average molecular weight is 509 g/mol. The Morgan fingerprint density at radius 1 is 1.08 bits per heavy atom. The highest BCUT2D eigenvalue weighted by molar-refractivity contribution is 5.93. The second kappa shape index (κ2) is 13.5. The zero-order valence-corrected chi connectivity index (χ0v) is 21.9. The van der Waals surface area contributed by atoms with Crippen molar-refractivity contribution in [2.45, 2.75) is 109 Å². The fourth-order valence-electron chi connectivity index (χ4n) is 5.72. The normalized spacial score (nSPS) is 24.8. The molecule has 2 saturated heterocycles. The van der Waals surface area contributed by atoms with Crippen LogP contribution in [-0.2, 0) is 23.9 Å². The summed E-state index contributed by atoms with van der Waals surface area (Å²) in [5.74, 6) is -1.86. The van der Waals surface area contributed by atoms with E-state index < -0.39 is 35.4 Å². The molecule has 0 spiro atoms. The molecule has 2 heterocycles. The van der Waals surface area contributed by atoms with E-state index in [1.54, 1.807) is 0 Å². The predicted octanol–water partition coefficient (Wildman–Crippen LogP) is 3.06. The van der Waals surface area contributed by atoms with Gasteiger partial charge in [-0.25, -0.2) is 4.79 Å². The first-order valence-corrected chi connectivity index (χ1v) is 13.8. The Hall–Kier alpha value is -2.00. The van der Waals surface area contributed by atoms with Crippen LogP contribution >= 0.6 is 0 Å². The summed E-state index contributed by atoms with van der Waals surface area (Å²) in [4.78, 5) is 51.8. The number of hydrogen-bond donors (Lipinski definition) is 3. The standard InChI is InChI=1S/C27H44N2O7/c1-18(2)21(24(32)22(30)16-19-8-4-7-13-28-25(19)33)17-23(31)27(11-5-3-6-12-27)29-26(34)36-20-9-14-35-15-10-20/h18-21,24,32H,3-17H2,1-2H3,(H,28,33)(H,29,34)/t19-,21+,24?/m1/s1. The molecule has 1 unspecified atom stereocenters. The van der Waals surface area contributed by atoms with Gasteiger partial charge in [-0.2, -0.15) is 0 Å². The van der Waals surface area contributed by atoms with Gasteiger partial charge in [0.2, 0.25) is 5.91 Å². The molecule has 9 heteroatoms. The lowest BCUT2D eigenvalue weighted by atomic mass is 9.73. The van der Waals surface area contributed by atoms with E-state index in [1.807, 2.05) is 13.8 Å². The molecule has 0 aromatic heterocycles. The van der Waals surface area contributed by atoms with Crippen LogP contribution in [0.3, 0.4) is 0 Å². The third-order valence-electron chi connectivity index (χ3n) is 8.13. The summed E-state index contributed by atoms with van der Waals surface area (Å²) in [6.45, 7) is 5.47. The first-order valence-electron chi connectivity index (χ1n) is 13.8. The fraction of sp³-hybridized carbons (Fsp3) is 0.852. The molecule has 3 fully saturated rings. The maximum atomic E-state index is 13.7. The number of aliphatic hydroxyl groups excluding tert-OH is 1. The number of nitrogens with one attached hydrogen (secondary N) is 2. The number of amides is 2. The average Bonchev–Trinajstić information content (AvgIpc) is 3.06. The van der Waals surface area contributed by atoms with Crippen LogP contribution in [0.5, 0.6) is 0 Å². The highest BCUT2D eigenvalue weighted by Gasteiger charge is 2.44. The molecule has 0 bridgehead atoms. The van der Waals surface area contributed by atoms with Gasteiger partial charge in [-0.05, 0) is 31.6 Å². The predicted molar refractivity (Wildman–Crippen MR) is 133 cm³/mol. The van der Waals surface area contributed by atoms with Crippen molar-refractivity contribution in [1.82, 2.24) is 10.6 Å². The van der Waals surface area contributed by atoms with Crippen LogP contribution in [0.2, 0.25) is 0 Å². The molecule has 1 saturated carbocycles. The second-order valence-corrected chi connectivity index (χ2v) is 11.1. The lowest BCUT2D eigenvalue weighted by Gasteiger charge is -2.38. The summed E-state index contributed by atoms with van der Waals surface area (Å²) in [6, 6.07) is 0. The van der Waals surface area contributed by atoms with Crippen molar-refractivity contribution < 1.29 is 33.8 Å². The van der Waals surface area contributed by atoms with Gasteiger partial charge in [0.25, 0.3) is 0 Å². The largest absolute Gasteiger partial charge is 0.446 e. The van der Waals surface area contributed by atoms with Gasteiger partial charge in [0.05, 0.1) is 13.2 Å². The summed E-state index contributed by atoms with van der Waals surface area (Å²) in [5.41, 5.74) is -1.04. The number of hydrogen-bond acceptors (Lipinski definition) is 7. The van der Waals surface area contributed by atoms with Crippen molar-refractivity contribution >= 4 is 23.6 Å². The molecule has 3 atom stereocenters. The molecule has 3 N–H and O–H groups in total. The molecule has 0 radical (unpaired) electrons. The number of carbonyl (C=O) groups is 4. The molecule has 9 nitrogen and oxygen atoms in total. The fourth-order valence-corrected chi connectivity index (χ4v) is 5.72. The number of ether oxygens (including phenoxy) is 2. The van der Waals surface area contributed by atoms with Gasteiger partial charge in [-0.15, -0.1) is 0 Å². The summed E-state index contributed by atoms with van der Waals surface area (Å²) < 4.78 is 10.9. The molecular weight excluding hydrogens is 464 g/mol. The van der Waals surface area contributed by atoms with E-state index >= 15 is 0 Å². The quantitative estimate of drug-likeness (QED) is 0.413. The zero-order chi connectivity index (χ0) is 26.1. The van der Waals surface area contributed by atoms with Crippen molar-refractivity contribution in [3.63, 3.8) is 0 Å². The third kappa shape index (κ3) is 7.75. The van der Waals surface area contributed by atoms with Gasteiger partial charge < -0.3 is 25.2 Å². The van der Waals surface area contributed by atoms with E-state index in [9.17, 15) is 24.3 Å². The molecule has 204 valence electrons. The van der Waals surface area contributed by atoms with Crippen LogP contribution in [0.4, 0.5) is 4.79 Å². The van der Waals surface area contributed by atoms with Crippen molar-refractivity contribution in [3.8, 4) is 0 Å². The Morgan fingerprint density at radius 3 is 2.44 bits per heavy atom. The monoisotopic (exact) mass is 508 g/mol. The number of rotatable bonds is 10. The molecule has 2 aliphatic heterocycles. The minimum absolute atomic E-state index is 0.0149. The lowest BCUT2D eigenvalue weighted by molar-refractivity contribution is -0.138. The Labute approximate surface area is 214 Å². The van der Waals surface area contributed by atoms with Gasteiger partial charge in [-0.1, -0.05) is 39.5 Å². The smallest absolute Gasteiger partial charge is 0.408 e. The number of carbonyl (C=O) groups excluding carboxylic acids is 4. The van der Waals surface area contributed by atoms with Crippen molar-refractivity contribution in [1.29, 1.82) is 0 Å². The number of aliphatic hydroxyl groups is 1. The van der Waals surface area contributed by atoms with E-state index in [0.717, 1.165) is 32.1 Å². The maximum absolute atomic E-state index is 13.7. The van der Waals surface area contributed by atoms with Crippen LogP contribution in [0.15, 0.2) is 0 Å². The van der Waals surface area contributed by atoms with Crippen molar-refractivity contribution in [2.75, 3.05) is 19.8 Å². The Balaban J connectivity index is 1.65. The van der Waals surface area contributed by atoms with E-state index in [4.69, 9.17) is 9.47 Å². The van der Waals surface area contributed by atoms with Crippen LogP contribution in [0, 0.1) is 17.8 Å². The molecule has 0 aromatic rings. The first-order chi connectivity index (χ1) is 17.2. The van der Waals surface area contributed by atoms with E-state index in [-0.39, 0.29) is 36.6 Å². The minimum Gasteiger partial charge on any atom is -0.446 e. The molecule has 0 aromatic carbocycles. The van der Waals surface area contributed by atoms with Crippen LogP contribution < -0.4 is 10.6 Å². The second-order valence-electron chi connectivity index (χ2n) is 11.1. The summed E-state index contributed by atoms with van der Waals surface area (Å²) in [5, 5.41) is 16.7. The number of ketones is 2. The van der Waals surface area contributed by atoms with E-state index in [1.165, 1.54) is 0 Å². The minimum atomic E-state index is -1.33. The molecule has 36 heavy (non-hydrogen) atoms. The Kier molecular flexibility index (Phi) is 10.7. The highest BCUT2D eigenvalue weighted by Crippen LogP contribution is 2.34. The molecular formula is C27H44N2O7. The topological polar surface area (TPSA) is 131 Å². The first kappa shape index (κ1) is 28.6. The van der Waals surface area contributed by atoms with Crippen molar-refractivity contribution in [2.24, 2.45) is 17.8 Å². The van der Waals surface area contributed by atoms with Crippen LogP contribution in [0.1, 0.15) is 90.9 Å². The van der Waals surface area contributed by atoms with Crippen molar-refractivity contribution in [3.05, 3.63) is 0 Å². The van der Waals surface area contributed by atoms with Gasteiger partial charge in [0.1, 0.15) is 17.7 Å². The summed E-state index contributed by atoms with van der Waals surface area (Å²) in [6.07, 6.45) is 5.11. The Bertz CT molecular complexity index is 772. The van der Waals surface area contributed by atoms with Gasteiger partial charge in [0.15, 0.2) is 11.6 Å². The zero-order valence-electron chi connectivity index (χ0n) is 21.9. The molecule has 3 aliphatic rings.